The van der Waals surface area contributed by atoms with Crippen molar-refractivity contribution in [1.82, 2.24) is 9.80 Å². The molecular formula is C16H21FN2O2. The highest BCUT2D eigenvalue weighted by atomic mass is 19.1. The van der Waals surface area contributed by atoms with E-state index in [9.17, 15) is 9.18 Å². The Hall–Kier alpha value is -1.46. The van der Waals surface area contributed by atoms with E-state index in [-0.39, 0.29) is 5.56 Å². The van der Waals surface area contributed by atoms with Gasteiger partial charge in [-0.2, -0.15) is 0 Å². The maximum absolute atomic E-state index is 13.9. The number of carboxylic acids is 1. The molecule has 5 heteroatoms. The van der Waals surface area contributed by atoms with Crippen LogP contribution in [0.15, 0.2) is 18.2 Å². The molecule has 1 saturated carbocycles. The van der Waals surface area contributed by atoms with Crippen molar-refractivity contribution in [1.29, 1.82) is 0 Å². The van der Waals surface area contributed by atoms with E-state index in [0.717, 1.165) is 38.2 Å². The minimum absolute atomic E-state index is 0.00510. The van der Waals surface area contributed by atoms with E-state index in [4.69, 9.17) is 5.11 Å². The summed E-state index contributed by atoms with van der Waals surface area (Å²) in [6.45, 7) is 5.77. The van der Waals surface area contributed by atoms with E-state index < -0.39 is 11.8 Å². The Bertz CT molecular complexity index is 523. The Kier molecular flexibility index (Phi) is 4.22. The molecule has 114 valence electrons. The van der Waals surface area contributed by atoms with Crippen LogP contribution < -0.4 is 0 Å². The van der Waals surface area contributed by atoms with Crippen LogP contribution in [0.4, 0.5) is 4.39 Å². The van der Waals surface area contributed by atoms with Gasteiger partial charge in [-0.05, 0) is 30.9 Å². The lowest BCUT2D eigenvalue weighted by molar-refractivity contribution is 0.0696. The van der Waals surface area contributed by atoms with Crippen molar-refractivity contribution in [3.63, 3.8) is 0 Å². The Morgan fingerprint density at radius 3 is 2.43 bits per heavy atom. The molecule has 2 fully saturated rings. The maximum Gasteiger partial charge on any atom is 0.335 e. The van der Waals surface area contributed by atoms with Crippen LogP contribution in [0.3, 0.4) is 0 Å². The number of benzene rings is 1. The number of halogens is 1. The van der Waals surface area contributed by atoms with Gasteiger partial charge in [0.15, 0.2) is 0 Å². The zero-order valence-corrected chi connectivity index (χ0v) is 12.1. The molecule has 1 aromatic rings. The molecule has 21 heavy (non-hydrogen) atoms. The van der Waals surface area contributed by atoms with E-state index >= 15 is 0 Å². The normalized spacial score (nSPS) is 20.6. The van der Waals surface area contributed by atoms with Crippen molar-refractivity contribution in [2.24, 2.45) is 5.92 Å². The summed E-state index contributed by atoms with van der Waals surface area (Å²) in [7, 11) is 0. The summed E-state index contributed by atoms with van der Waals surface area (Å²) in [5.74, 6) is -0.595. The molecule has 3 rings (SSSR count). The predicted molar refractivity (Wildman–Crippen MR) is 77.8 cm³/mol. The third-order valence-electron chi connectivity index (χ3n) is 4.37. The van der Waals surface area contributed by atoms with E-state index in [1.807, 2.05) is 0 Å². The molecule has 0 amide bonds. The number of rotatable bonds is 5. The predicted octanol–water partition coefficient (Wildman–Crippen LogP) is 2.05. The van der Waals surface area contributed by atoms with Crippen LogP contribution in [0.1, 0.15) is 28.8 Å². The van der Waals surface area contributed by atoms with E-state index in [0.29, 0.717) is 12.1 Å². The Balaban J connectivity index is 1.53. The second-order valence-electron chi connectivity index (χ2n) is 6.13. The van der Waals surface area contributed by atoms with Gasteiger partial charge >= 0.3 is 5.97 Å². The SMILES string of the molecule is O=C(O)c1ccc(CN2CCN(CC3CC3)CC2)c(F)c1. The maximum atomic E-state index is 13.9. The lowest BCUT2D eigenvalue weighted by Gasteiger charge is -2.34. The number of piperazine rings is 1. The summed E-state index contributed by atoms with van der Waals surface area (Å²) in [5, 5.41) is 8.85. The van der Waals surface area contributed by atoms with Gasteiger partial charge in [0.2, 0.25) is 0 Å². The summed E-state index contributed by atoms with van der Waals surface area (Å²) < 4.78 is 13.9. The average molecular weight is 292 g/mol. The van der Waals surface area contributed by atoms with Gasteiger partial charge in [0, 0.05) is 44.8 Å². The Morgan fingerprint density at radius 2 is 1.86 bits per heavy atom. The van der Waals surface area contributed by atoms with Crippen LogP contribution in [-0.2, 0) is 6.54 Å². The van der Waals surface area contributed by atoms with E-state index in [1.54, 1.807) is 6.07 Å². The molecule has 0 radical (unpaired) electrons. The first-order valence-electron chi connectivity index (χ1n) is 7.58. The highest BCUT2D eigenvalue weighted by Crippen LogP contribution is 2.30. The third-order valence-corrected chi connectivity index (χ3v) is 4.37. The van der Waals surface area contributed by atoms with Crippen molar-refractivity contribution in [2.75, 3.05) is 32.7 Å². The molecule has 0 atom stereocenters. The summed E-state index contributed by atoms with van der Waals surface area (Å²) in [6, 6.07) is 4.18. The number of aromatic carboxylic acids is 1. The number of nitrogens with zero attached hydrogens (tertiary/aromatic N) is 2. The van der Waals surface area contributed by atoms with Gasteiger partial charge in [-0.1, -0.05) is 6.07 Å². The molecule has 1 heterocycles. The lowest BCUT2D eigenvalue weighted by atomic mass is 10.1. The highest BCUT2D eigenvalue weighted by Gasteiger charge is 2.26. The molecule has 0 aromatic heterocycles. The summed E-state index contributed by atoms with van der Waals surface area (Å²) in [6.07, 6.45) is 2.75. The largest absolute Gasteiger partial charge is 0.478 e. The zero-order chi connectivity index (χ0) is 14.8. The minimum atomic E-state index is -1.09. The molecule has 0 bridgehead atoms. The summed E-state index contributed by atoms with van der Waals surface area (Å²) in [5.41, 5.74) is 0.584. The molecule has 0 unspecified atom stereocenters. The minimum Gasteiger partial charge on any atom is -0.478 e. The monoisotopic (exact) mass is 292 g/mol. The van der Waals surface area contributed by atoms with Crippen molar-refractivity contribution >= 4 is 5.97 Å². The number of carboxylic acid groups (broad SMARTS) is 1. The van der Waals surface area contributed by atoms with Crippen LogP contribution in [0.25, 0.3) is 0 Å². The number of carbonyl (C=O) groups is 1. The first-order chi connectivity index (χ1) is 10.1. The summed E-state index contributed by atoms with van der Waals surface area (Å²) in [4.78, 5) is 15.5. The average Bonchev–Trinajstić information content (AvgIpc) is 3.27. The van der Waals surface area contributed by atoms with Gasteiger partial charge in [-0.3, -0.25) is 4.90 Å². The lowest BCUT2D eigenvalue weighted by Crippen LogP contribution is -2.46. The van der Waals surface area contributed by atoms with Crippen LogP contribution in [0, 0.1) is 11.7 Å². The topological polar surface area (TPSA) is 43.8 Å². The van der Waals surface area contributed by atoms with Crippen molar-refractivity contribution in [2.45, 2.75) is 19.4 Å². The molecule has 1 N–H and O–H groups in total. The van der Waals surface area contributed by atoms with Gasteiger partial charge in [-0.25, -0.2) is 9.18 Å². The smallest absolute Gasteiger partial charge is 0.335 e. The van der Waals surface area contributed by atoms with Crippen molar-refractivity contribution in [3.8, 4) is 0 Å². The van der Waals surface area contributed by atoms with E-state index in [2.05, 4.69) is 9.80 Å². The fourth-order valence-electron chi connectivity index (χ4n) is 2.85. The zero-order valence-electron chi connectivity index (χ0n) is 12.1. The molecule has 4 nitrogen and oxygen atoms in total. The molecule has 1 aromatic carbocycles. The molecule has 2 aliphatic rings. The molecule has 1 saturated heterocycles. The standard InChI is InChI=1S/C16H21FN2O2/c17-15-9-13(16(20)21)3-4-14(15)11-19-7-5-18(6-8-19)10-12-1-2-12/h3-4,9,12H,1-2,5-8,10-11H2,(H,20,21). The van der Waals surface area contributed by atoms with Gasteiger partial charge in [0.25, 0.3) is 0 Å². The molecule has 0 spiro atoms. The van der Waals surface area contributed by atoms with Gasteiger partial charge < -0.3 is 10.0 Å². The molecule has 1 aliphatic heterocycles. The molecule has 1 aliphatic carbocycles. The van der Waals surface area contributed by atoms with Crippen molar-refractivity contribution < 1.29 is 14.3 Å². The first kappa shape index (κ1) is 14.5. The number of hydrogen-bond acceptors (Lipinski definition) is 3. The van der Waals surface area contributed by atoms with Gasteiger partial charge in [0.1, 0.15) is 5.82 Å². The van der Waals surface area contributed by atoms with E-state index in [1.165, 1.54) is 25.5 Å². The van der Waals surface area contributed by atoms with Gasteiger partial charge in [0.05, 0.1) is 5.56 Å². The second-order valence-corrected chi connectivity index (χ2v) is 6.13. The van der Waals surface area contributed by atoms with Crippen LogP contribution in [0.2, 0.25) is 0 Å². The Morgan fingerprint density at radius 1 is 1.19 bits per heavy atom. The fraction of sp³-hybridized carbons (Fsp3) is 0.562. The first-order valence-corrected chi connectivity index (χ1v) is 7.58. The van der Waals surface area contributed by atoms with Gasteiger partial charge in [-0.15, -0.1) is 0 Å². The number of hydrogen-bond donors (Lipinski definition) is 1. The van der Waals surface area contributed by atoms with Crippen LogP contribution >= 0.6 is 0 Å². The summed E-state index contributed by atoms with van der Waals surface area (Å²) >= 11 is 0. The Labute approximate surface area is 124 Å². The molecular weight excluding hydrogens is 271 g/mol. The van der Waals surface area contributed by atoms with Crippen molar-refractivity contribution in [3.05, 3.63) is 35.1 Å². The quantitative estimate of drug-likeness (QED) is 0.902. The third kappa shape index (κ3) is 3.80. The van der Waals surface area contributed by atoms with Crippen LogP contribution in [-0.4, -0.2) is 53.6 Å². The van der Waals surface area contributed by atoms with Crippen LogP contribution in [0.5, 0.6) is 0 Å². The fourth-order valence-corrected chi connectivity index (χ4v) is 2.85. The highest BCUT2D eigenvalue weighted by molar-refractivity contribution is 5.87. The second kappa shape index (κ2) is 6.12.